The Balaban J connectivity index is 0.000000212. The Hall–Kier alpha value is -5.95. The predicted molar refractivity (Wildman–Crippen MR) is 195 cm³/mol. The fraction of sp³-hybridized carbons (Fsp3) is 0.243. The molecule has 0 saturated carbocycles. The van der Waals surface area contributed by atoms with Gasteiger partial charge < -0.3 is 46.1 Å². The highest BCUT2D eigenvalue weighted by Crippen LogP contribution is 2.30. The van der Waals surface area contributed by atoms with Crippen LogP contribution >= 0.6 is 11.6 Å². The quantitative estimate of drug-likeness (QED) is 0.100. The second-order valence-corrected chi connectivity index (χ2v) is 12.2. The number of nitrogens with one attached hydrogen (secondary N) is 6. The maximum absolute atomic E-state index is 14.3. The van der Waals surface area contributed by atoms with E-state index in [-0.39, 0.29) is 46.1 Å². The monoisotopic (exact) mass is 780 g/mol. The summed E-state index contributed by atoms with van der Waals surface area (Å²) in [5, 5.41) is 34.0. The van der Waals surface area contributed by atoms with Crippen LogP contribution in [0.4, 0.5) is 49.9 Å². The number of amides is 4. The van der Waals surface area contributed by atoms with E-state index in [0.717, 1.165) is 24.7 Å². The molecule has 0 aromatic heterocycles. The number of carbonyl (C=O) groups is 2. The van der Waals surface area contributed by atoms with Crippen LogP contribution in [0.3, 0.4) is 0 Å². The van der Waals surface area contributed by atoms with Gasteiger partial charge in [-0.2, -0.15) is 19.3 Å². The molecule has 4 amide bonds. The number of nitriles is 2. The Morgan fingerprint density at radius 2 is 1.24 bits per heavy atom. The summed E-state index contributed by atoms with van der Waals surface area (Å²) >= 11 is 6.26. The van der Waals surface area contributed by atoms with Crippen molar-refractivity contribution < 1.29 is 41.4 Å². The lowest BCUT2D eigenvalue weighted by Gasteiger charge is -2.24. The van der Waals surface area contributed by atoms with Gasteiger partial charge in [0.15, 0.2) is 0 Å². The van der Waals surface area contributed by atoms with E-state index in [4.69, 9.17) is 31.6 Å². The van der Waals surface area contributed by atoms with Gasteiger partial charge in [-0.25, -0.2) is 18.4 Å². The summed E-state index contributed by atoms with van der Waals surface area (Å²) in [6.07, 6.45) is -0.379. The summed E-state index contributed by atoms with van der Waals surface area (Å²) in [7, 11) is 0. The molecule has 0 aliphatic carbocycles. The topological polar surface area (TPSA) is 182 Å². The molecule has 2 fully saturated rings. The van der Waals surface area contributed by atoms with E-state index < -0.39 is 30.3 Å². The number of anilines is 4. The van der Waals surface area contributed by atoms with E-state index in [9.17, 15) is 27.2 Å². The van der Waals surface area contributed by atoms with Crippen molar-refractivity contribution >= 4 is 46.4 Å². The number of morpholine rings is 2. The number of benzene rings is 4. The molecule has 2 atom stereocenters. The summed E-state index contributed by atoms with van der Waals surface area (Å²) < 4.78 is 68.7. The number of halogens is 5. The minimum atomic E-state index is -3.08. The predicted octanol–water partition coefficient (Wildman–Crippen LogP) is 7.26. The summed E-state index contributed by atoms with van der Waals surface area (Å²) in [5.41, 5.74) is 1.92. The van der Waals surface area contributed by atoms with Crippen molar-refractivity contribution in [3.05, 3.63) is 112 Å². The maximum Gasteiger partial charge on any atom is 0.387 e. The van der Waals surface area contributed by atoms with E-state index in [0.29, 0.717) is 42.6 Å². The largest absolute Gasteiger partial charge is 0.433 e. The summed E-state index contributed by atoms with van der Waals surface area (Å²) in [5.74, 6) is -1.59. The second-order valence-electron chi connectivity index (χ2n) is 11.8. The maximum atomic E-state index is 14.3. The molecule has 4 aromatic rings. The van der Waals surface area contributed by atoms with Gasteiger partial charge in [-0.15, -0.1) is 0 Å². The third-order valence-corrected chi connectivity index (χ3v) is 8.31. The zero-order chi connectivity index (χ0) is 39.3. The number of carbonyl (C=O) groups excluding carboxylic acids is 2. The SMILES string of the molecule is N#Cc1ccc(F)c(NC(=O)Nc2ccc([C@@H]3CNCCO3)cc2F)c1.N#Cc1ccc(OC(F)F)c(NC(=O)Nc2ccc([C@H]3CNCCO3)cc2Cl)c1. The molecule has 286 valence electrons. The minimum Gasteiger partial charge on any atom is -0.433 e. The van der Waals surface area contributed by atoms with E-state index in [1.54, 1.807) is 24.3 Å². The zero-order valence-electron chi connectivity index (χ0n) is 28.7. The Bertz CT molecular complexity index is 2090. The summed E-state index contributed by atoms with van der Waals surface area (Å²) in [6.45, 7) is 0.839. The van der Waals surface area contributed by atoms with Gasteiger partial charge in [0, 0.05) is 26.2 Å². The highest BCUT2D eigenvalue weighted by Gasteiger charge is 2.20. The van der Waals surface area contributed by atoms with Crippen molar-refractivity contribution in [3.63, 3.8) is 0 Å². The van der Waals surface area contributed by atoms with Crippen LogP contribution in [0.25, 0.3) is 0 Å². The van der Waals surface area contributed by atoms with Gasteiger partial charge in [-0.05, 0) is 71.8 Å². The second kappa shape index (κ2) is 19.4. The minimum absolute atomic E-state index is 0.0492. The first-order valence-electron chi connectivity index (χ1n) is 16.6. The lowest BCUT2D eigenvalue weighted by molar-refractivity contribution is -0.0493. The van der Waals surface area contributed by atoms with Crippen molar-refractivity contribution in [2.75, 3.05) is 60.7 Å². The molecular weight excluding hydrogens is 748 g/mol. The molecule has 6 rings (SSSR count). The third kappa shape index (κ3) is 11.5. The van der Waals surface area contributed by atoms with Crippen molar-refractivity contribution in [1.29, 1.82) is 10.5 Å². The van der Waals surface area contributed by atoms with Crippen LogP contribution in [0, 0.1) is 34.3 Å². The average molecular weight is 781 g/mol. The van der Waals surface area contributed by atoms with Gasteiger partial charge in [-0.3, -0.25) is 0 Å². The molecular formula is C37H33ClF4N8O5. The van der Waals surface area contributed by atoms with E-state index in [2.05, 4.69) is 36.6 Å². The zero-order valence-corrected chi connectivity index (χ0v) is 29.5. The average Bonchev–Trinajstić information content (AvgIpc) is 3.18. The van der Waals surface area contributed by atoms with Crippen LogP contribution in [0.15, 0.2) is 72.8 Å². The molecule has 55 heavy (non-hydrogen) atoms. The summed E-state index contributed by atoms with van der Waals surface area (Å²) in [4.78, 5) is 24.3. The first-order chi connectivity index (χ1) is 26.5. The molecule has 0 unspecified atom stereocenters. The molecule has 18 heteroatoms. The van der Waals surface area contributed by atoms with E-state index in [1.807, 2.05) is 12.1 Å². The molecule has 4 aromatic carbocycles. The van der Waals surface area contributed by atoms with Crippen LogP contribution < -0.4 is 36.6 Å². The van der Waals surface area contributed by atoms with Crippen LogP contribution in [-0.2, 0) is 9.47 Å². The molecule has 0 spiro atoms. The number of nitrogens with zero attached hydrogens (tertiary/aromatic N) is 2. The van der Waals surface area contributed by atoms with Gasteiger partial charge in [0.1, 0.15) is 17.4 Å². The van der Waals surface area contributed by atoms with Crippen molar-refractivity contribution in [2.24, 2.45) is 0 Å². The molecule has 0 radical (unpaired) electrons. The number of urea groups is 2. The molecule has 2 aliphatic heterocycles. The normalized spacial score (nSPS) is 16.4. The first-order valence-corrected chi connectivity index (χ1v) is 17.0. The Labute approximate surface area is 317 Å². The fourth-order valence-electron chi connectivity index (χ4n) is 5.36. The highest BCUT2D eigenvalue weighted by molar-refractivity contribution is 6.33. The van der Waals surface area contributed by atoms with Gasteiger partial charge >= 0.3 is 18.7 Å². The fourth-order valence-corrected chi connectivity index (χ4v) is 5.60. The van der Waals surface area contributed by atoms with Gasteiger partial charge in [0.25, 0.3) is 0 Å². The first kappa shape index (κ1) is 40.2. The summed E-state index contributed by atoms with van der Waals surface area (Å²) in [6, 6.07) is 18.9. The molecule has 13 nitrogen and oxygen atoms in total. The molecule has 6 N–H and O–H groups in total. The van der Waals surface area contributed by atoms with Crippen LogP contribution in [0.5, 0.6) is 5.75 Å². The Morgan fingerprint density at radius 3 is 1.78 bits per heavy atom. The van der Waals surface area contributed by atoms with E-state index >= 15 is 0 Å². The van der Waals surface area contributed by atoms with Gasteiger partial charge in [0.05, 0.1) is 76.5 Å². The number of hydrogen-bond donors (Lipinski definition) is 6. The molecule has 2 heterocycles. The number of ether oxygens (including phenoxy) is 3. The molecule has 2 saturated heterocycles. The van der Waals surface area contributed by atoms with Crippen LogP contribution in [0.1, 0.15) is 34.5 Å². The van der Waals surface area contributed by atoms with Crippen LogP contribution in [0.2, 0.25) is 5.02 Å². The van der Waals surface area contributed by atoms with Crippen molar-refractivity contribution in [1.82, 2.24) is 10.6 Å². The lowest BCUT2D eigenvalue weighted by atomic mass is 10.1. The van der Waals surface area contributed by atoms with Crippen molar-refractivity contribution in [2.45, 2.75) is 18.8 Å². The molecule has 0 bridgehead atoms. The number of alkyl halides is 2. The smallest absolute Gasteiger partial charge is 0.387 e. The molecule has 2 aliphatic rings. The standard InChI is InChI=1S/C19H17ClF2N4O3.C18H16F2N4O2/c20-13-8-12(17-10-24-5-6-28-17)2-3-14(13)25-19(27)26-15-7-11(9-23)1-4-16(15)29-18(21)22;19-13-3-1-11(9-21)7-16(13)24-18(25)23-15-4-2-12(8-14(15)20)17-10-22-5-6-26-17/h1-4,7-8,17-18,24H,5-6,10H2,(H2,25,26,27);1-4,7-8,17,22H,5-6,10H2,(H2,23,24,25)/t2*17-/m10/s1. The van der Waals surface area contributed by atoms with Crippen molar-refractivity contribution in [3.8, 4) is 17.9 Å². The van der Waals surface area contributed by atoms with E-state index in [1.165, 1.54) is 42.5 Å². The highest BCUT2D eigenvalue weighted by atomic mass is 35.5. The van der Waals surface area contributed by atoms with Gasteiger partial charge in [0.2, 0.25) is 0 Å². The lowest BCUT2D eigenvalue weighted by Crippen LogP contribution is -2.33. The van der Waals surface area contributed by atoms with Crippen LogP contribution in [-0.4, -0.2) is 58.1 Å². The Kier molecular flexibility index (Phi) is 14.2. The number of hydrogen-bond acceptors (Lipinski definition) is 9. The third-order valence-electron chi connectivity index (χ3n) is 8.00. The van der Waals surface area contributed by atoms with Gasteiger partial charge in [-0.1, -0.05) is 23.7 Å². The number of rotatable bonds is 8. The Morgan fingerprint density at radius 1 is 0.709 bits per heavy atom.